The van der Waals surface area contributed by atoms with Gasteiger partial charge >= 0.3 is 0 Å². The monoisotopic (exact) mass is 263 g/mol. The average molecular weight is 263 g/mol. The molecule has 4 rings (SSSR count). The molecule has 2 amide bonds. The smallest absolute Gasteiger partial charge is 0.250 e. The molecule has 3 nitrogen and oxygen atoms in total. The Balaban J connectivity index is 0.000000147. The highest BCUT2D eigenvalue weighted by Crippen LogP contribution is 2.47. The summed E-state index contributed by atoms with van der Waals surface area (Å²) in [5.74, 6) is -0.0637. The van der Waals surface area contributed by atoms with E-state index in [2.05, 4.69) is 54.6 Å². The van der Waals surface area contributed by atoms with Crippen molar-refractivity contribution in [3.05, 3.63) is 83.4 Å². The van der Waals surface area contributed by atoms with Crippen LogP contribution in [0, 0.1) is 0 Å². The zero-order valence-electron chi connectivity index (χ0n) is 10.7. The van der Waals surface area contributed by atoms with Crippen LogP contribution in [0.15, 0.2) is 66.7 Å². The van der Waals surface area contributed by atoms with Crippen molar-refractivity contribution < 1.29 is 9.59 Å². The summed E-state index contributed by atoms with van der Waals surface area (Å²) in [4.78, 5) is 20.1. The molecule has 2 aliphatic rings. The van der Waals surface area contributed by atoms with Crippen LogP contribution in [0.4, 0.5) is 0 Å². The molecule has 2 aromatic rings. The highest BCUT2D eigenvalue weighted by Gasteiger charge is 2.32. The lowest BCUT2D eigenvalue weighted by molar-refractivity contribution is -0.123. The van der Waals surface area contributed by atoms with Crippen LogP contribution in [0.1, 0.15) is 22.6 Å². The van der Waals surface area contributed by atoms with Crippen molar-refractivity contribution >= 4 is 11.8 Å². The Morgan fingerprint density at radius 3 is 1.65 bits per heavy atom. The number of nitrogens with one attached hydrogen (secondary N) is 1. The van der Waals surface area contributed by atoms with Crippen LogP contribution >= 0.6 is 0 Å². The van der Waals surface area contributed by atoms with E-state index >= 15 is 0 Å². The summed E-state index contributed by atoms with van der Waals surface area (Å²) >= 11 is 0. The molecule has 0 bridgehead atoms. The van der Waals surface area contributed by atoms with E-state index < -0.39 is 0 Å². The van der Waals surface area contributed by atoms with Gasteiger partial charge in [-0.15, -0.1) is 0 Å². The number of carbonyl (C=O) groups excluding carboxylic acids is 2. The van der Waals surface area contributed by atoms with Gasteiger partial charge in [0.2, 0.25) is 0 Å². The average Bonchev–Trinajstić information content (AvgIpc) is 3.09. The predicted octanol–water partition coefficient (Wildman–Crippen LogP) is 2.38. The van der Waals surface area contributed by atoms with Crippen molar-refractivity contribution in [3.63, 3.8) is 0 Å². The van der Waals surface area contributed by atoms with Crippen LogP contribution in [0.25, 0.3) is 0 Å². The first kappa shape index (κ1) is 12.4. The molecule has 0 unspecified atom stereocenters. The summed E-state index contributed by atoms with van der Waals surface area (Å²) in [6.45, 7) is 0. The highest BCUT2D eigenvalue weighted by atomic mass is 16.2. The van der Waals surface area contributed by atoms with E-state index in [0.717, 1.165) is 0 Å². The fourth-order valence-corrected chi connectivity index (χ4v) is 2.32. The Bertz CT molecular complexity index is 650. The summed E-state index contributed by atoms with van der Waals surface area (Å²) < 4.78 is 0. The number of benzene rings is 2. The number of hydrogen-bond acceptors (Lipinski definition) is 2. The van der Waals surface area contributed by atoms with E-state index in [-0.39, 0.29) is 11.8 Å². The number of hydrogen-bond donors (Lipinski definition) is 1. The standard InChI is InChI=1S/C13H10.C4H3NO2/c1-2-6-10(7-3-1)13-11-8-4-5-9-12(11)13;6-3-1-2-4(7)5-3/h1-9,13H;1-2H,(H,5,6,7). The highest BCUT2D eigenvalue weighted by molar-refractivity contribution is 6.12. The minimum absolute atomic E-state index is 0.329. The van der Waals surface area contributed by atoms with E-state index in [9.17, 15) is 9.59 Å². The first-order valence-corrected chi connectivity index (χ1v) is 6.42. The number of fused-ring (bicyclic) bond motifs is 1. The van der Waals surface area contributed by atoms with Crippen molar-refractivity contribution in [2.45, 2.75) is 5.92 Å². The first-order valence-electron chi connectivity index (χ1n) is 6.42. The molecule has 1 N–H and O–H groups in total. The lowest BCUT2D eigenvalue weighted by atomic mass is 10.1. The van der Waals surface area contributed by atoms with Gasteiger partial charge in [0.15, 0.2) is 0 Å². The molecule has 0 radical (unpaired) electrons. The zero-order chi connectivity index (χ0) is 13.9. The van der Waals surface area contributed by atoms with Crippen LogP contribution in [0.3, 0.4) is 0 Å². The summed E-state index contributed by atoms with van der Waals surface area (Å²) in [5, 5.41) is 2.03. The third-order valence-corrected chi connectivity index (χ3v) is 3.30. The SMILES string of the molecule is O=C1C=CC(=O)N1.c1ccc(C2c3ccccc32)cc1. The van der Waals surface area contributed by atoms with Gasteiger partial charge in [-0.1, -0.05) is 54.6 Å². The van der Waals surface area contributed by atoms with Crippen molar-refractivity contribution in [1.82, 2.24) is 5.32 Å². The van der Waals surface area contributed by atoms with Crippen LogP contribution in [0.2, 0.25) is 0 Å². The third-order valence-electron chi connectivity index (χ3n) is 3.30. The van der Waals surface area contributed by atoms with Crippen molar-refractivity contribution in [2.75, 3.05) is 0 Å². The molecule has 1 aliphatic carbocycles. The molecular weight excluding hydrogens is 250 g/mol. The van der Waals surface area contributed by atoms with E-state index in [4.69, 9.17) is 0 Å². The second kappa shape index (κ2) is 5.13. The second-order valence-electron chi connectivity index (χ2n) is 4.66. The maximum absolute atomic E-state index is 10.0. The van der Waals surface area contributed by atoms with Crippen LogP contribution < -0.4 is 5.32 Å². The van der Waals surface area contributed by atoms with Gasteiger partial charge in [0.1, 0.15) is 0 Å². The number of amides is 2. The lowest BCUT2D eigenvalue weighted by Gasteiger charge is -1.94. The quantitative estimate of drug-likeness (QED) is 0.685. The van der Waals surface area contributed by atoms with Crippen molar-refractivity contribution in [2.24, 2.45) is 0 Å². The van der Waals surface area contributed by atoms with Gasteiger partial charge in [0.25, 0.3) is 11.8 Å². The van der Waals surface area contributed by atoms with Crippen molar-refractivity contribution in [1.29, 1.82) is 0 Å². The maximum atomic E-state index is 10.0. The molecule has 3 heteroatoms. The Morgan fingerprint density at radius 1 is 0.700 bits per heavy atom. The molecular formula is C17H13NO2. The van der Waals surface area contributed by atoms with Gasteiger partial charge in [-0.25, -0.2) is 0 Å². The maximum Gasteiger partial charge on any atom is 0.250 e. The molecule has 0 saturated carbocycles. The van der Waals surface area contributed by atoms with Gasteiger partial charge in [-0.2, -0.15) is 0 Å². The zero-order valence-corrected chi connectivity index (χ0v) is 10.7. The van der Waals surface area contributed by atoms with Gasteiger partial charge < -0.3 is 0 Å². The summed E-state index contributed by atoms with van der Waals surface area (Å²) in [7, 11) is 0. The molecule has 0 aromatic heterocycles. The summed E-state index contributed by atoms with van der Waals surface area (Å²) in [6, 6.07) is 19.3. The van der Waals surface area contributed by atoms with Crippen LogP contribution in [0.5, 0.6) is 0 Å². The molecule has 2 aromatic carbocycles. The third kappa shape index (κ3) is 2.52. The Morgan fingerprint density at radius 2 is 1.20 bits per heavy atom. The molecule has 0 fully saturated rings. The van der Waals surface area contributed by atoms with E-state index in [0.29, 0.717) is 5.92 Å². The van der Waals surface area contributed by atoms with Crippen LogP contribution in [-0.2, 0) is 9.59 Å². The molecule has 1 heterocycles. The fourth-order valence-electron chi connectivity index (χ4n) is 2.32. The normalized spacial score (nSPS) is 15.2. The Hall–Kier alpha value is -2.68. The molecule has 0 spiro atoms. The van der Waals surface area contributed by atoms with Gasteiger partial charge in [-0.3, -0.25) is 14.9 Å². The van der Waals surface area contributed by atoms with Gasteiger partial charge in [0.05, 0.1) is 0 Å². The van der Waals surface area contributed by atoms with E-state index in [1.54, 1.807) is 0 Å². The lowest BCUT2D eigenvalue weighted by Crippen LogP contribution is -2.19. The largest absolute Gasteiger partial charge is 0.289 e. The number of rotatable bonds is 1. The Labute approximate surface area is 116 Å². The summed E-state index contributed by atoms with van der Waals surface area (Å²) in [6.07, 6.45) is 2.39. The van der Waals surface area contributed by atoms with Crippen molar-refractivity contribution in [3.8, 4) is 0 Å². The molecule has 0 atom stereocenters. The first-order chi connectivity index (χ1) is 9.75. The van der Waals surface area contributed by atoms with E-state index in [1.165, 1.54) is 28.8 Å². The molecule has 20 heavy (non-hydrogen) atoms. The Kier molecular flexibility index (Phi) is 3.17. The minimum atomic E-state index is -0.329. The van der Waals surface area contributed by atoms with Gasteiger partial charge in [-0.05, 0) is 16.7 Å². The molecule has 98 valence electrons. The van der Waals surface area contributed by atoms with Crippen LogP contribution in [-0.4, -0.2) is 11.8 Å². The number of imide groups is 1. The second-order valence-corrected chi connectivity index (χ2v) is 4.66. The fraction of sp³-hybridized carbons (Fsp3) is 0.0588. The topological polar surface area (TPSA) is 46.2 Å². The molecule has 1 aliphatic heterocycles. The minimum Gasteiger partial charge on any atom is -0.289 e. The summed E-state index contributed by atoms with van der Waals surface area (Å²) in [5.41, 5.74) is 4.41. The van der Waals surface area contributed by atoms with Gasteiger partial charge in [0, 0.05) is 18.1 Å². The predicted molar refractivity (Wildman–Crippen MR) is 76.1 cm³/mol. The molecule has 0 saturated heterocycles. The van der Waals surface area contributed by atoms with E-state index in [1.807, 2.05) is 5.32 Å². The number of carbonyl (C=O) groups is 2.